The van der Waals surface area contributed by atoms with Gasteiger partial charge in [0.25, 0.3) is 0 Å². The summed E-state index contributed by atoms with van der Waals surface area (Å²) in [6.07, 6.45) is 11.8. The summed E-state index contributed by atoms with van der Waals surface area (Å²) in [4.78, 5) is 17.2. The average Bonchev–Trinajstić information content (AvgIpc) is 3.61. The molecule has 0 bridgehead atoms. The number of amides is 1. The van der Waals surface area contributed by atoms with E-state index in [0.29, 0.717) is 29.5 Å². The highest BCUT2D eigenvalue weighted by Gasteiger charge is 2.69. The third kappa shape index (κ3) is 4.32. The topological polar surface area (TPSA) is 72.3 Å². The molecule has 3 aliphatic carbocycles. The number of carbonyl (C=O) groups excluding carboxylic acids is 1. The van der Waals surface area contributed by atoms with Crippen molar-refractivity contribution in [2.45, 2.75) is 115 Å². The van der Waals surface area contributed by atoms with Gasteiger partial charge in [0, 0.05) is 46.8 Å². The van der Waals surface area contributed by atoms with Gasteiger partial charge in [0.05, 0.1) is 13.2 Å². The van der Waals surface area contributed by atoms with Gasteiger partial charge in [-0.3, -0.25) is 9.69 Å². The highest BCUT2D eigenvalue weighted by Crippen LogP contribution is 2.67. The van der Waals surface area contributed by atoms with Crippen LogP contribution >= 0.6 is 11.3 Å². The minimum Gasteiger partial charge on any atom is -0.487 e. The zero-order valence-corrected chi connectivity index (χ0v) is 23.7. The average molecular weight is 526 g/mol. The number of aromatic nitrogens is 3. The smallest absolute Gasteiger partial charge is 0.223 e. The van der Waals surface area contributed by atoms with Gasteiger partial charge in [0.15, 0.2) is 5.06 Å². The van der Waals surface area contributed by atoms with Crippen LogP contribution in [-0.4, -0.2) is 51.3 Å². The van der Waals surface area contributed by atoms with Crippen molar-refractivity contribution in [2.75, 3.05) is 13.7 Å². The van der Waals surface area contributed by atoms with E-state index in [2.05, 4.69) is 51.8 Å². The maximum atomic E-state index is 13.2. The molecule has 2 aromatic heterocycles. The lowest BCUT2D eigenvalue weighted by atomic mass is 9.53. The quantitative estimate of drug-likeness (QED) is 0.450. The van der Waals surface area contributed by atoms with E-state index in [1.54, 1.807) is 18.4 Å². The molecule has 4 fully saturated rings. The normalized spacial score (nSPS) is 30.4. The summed E-state index contributed by atoms with van der Waals surface area (Å²) in [6, 6.07) is 6.10. The summed E-state index contributed by atoms with van der Waals surface area (Å²) < 4.78 is 7.94. The predicted molar refractivity (Wildman–Crippen MR) is 146 cm³/mol. The standard InChI is InChI=1S/C29H43N5O2S/c1-18(2)27-32-31-19(3)34(27)21-16-25-29(17-21)14-12-24(29)33(25)15-13-22(23-10-11-26(36-4)37-23)30-28(35)20-8-6-5-7-9-20/h10-11,18,20-22,24-25H,5-9,12-17H2,1-4H3,(H,30,35)/t21?,22-,24?,25?,29?/m0/s1. The van der Waals surface area contributed by atoms with E-state index in [1.807, 2.05) is 6.07 Å². The van der Waals surface area contributed by atoms with E-state index in [9.17, 15) is 4.79 Å². The van der Waals surface area contributed by atoms with Crippen LogP contribution in [0, 0.1) is 18.3 Å². The number of aryl methyl sites for hydroxylation is 1. The number of nitrogens with one attached hydrogen (secondary N) is 1. The Bertz CT molecular complexity index is 1120. The Morgan fingerprint density at radius 2 is 2.00 bits per heavy atom. The fourth-order valence-electron chi connectivity index (χ4n) is 8.11. The first-order chi connectivity index (χ1) is 17.9. The van der Waals surface area contributed by atoms with Crippen LogP contribution in [0.2, 0.25) is 0 Å². The highest BCUT2D eigenvalue weighted by atomic mass is 32.1. The molecule has 1 spiro atoms. The van der Waals surface area contributed by atoms with E-state index in [0.717, 1.165) is 42.5 Å². The third-order valence-corrected chi connectivity index (χ3v) is 11.2. The van der Waals surface area contributed by atoms with Crippen LogP contribution in [0.25, 0.3) is 0 Å². The molecular formula is C29H43N5O2S. The first-order valence-corrected chi connectivity index (χ1v) is 15.3. The monoisotopic (exact) mass is 525 g/mol. The van der Waals surface area contributed by atoms with E-state index in [1.165, 1.54) is 49.8 Å². The van der Waals surface area contributed by atoms with E-state index < -0.39 is 0 Å². The molecule has 3 heterocycles. The molecule has 1 N–H and O–H groups in total. The van der Waals surface area contributed by atoms with Crippen LogP contribution in [0.4, 0.5) is 0 Å². The lowest BCUT2D eigenvalue weighted by Gasteiger charge is -2.68. The lowest BCUT2D eigenvalue weighted by molar-refractivity contribution is -0.188. The molecule has 2 aromatic rings. The summed E-state index contributed by atoms with van der Waals surface area (Å²) >= 11 is 1.67. The number of hydrogen-bond acceptors (Lipinski definition) is 6. The van der Waals surface area contributed by atoms with E-state index in [-0.39, 0.29) is 17.9 Å². The largest absolute Gasteiger partial charge is 0.487 e. The maximum Gasteiger partial charge on any atom is 0.223 e. The Kier molecular flexibility index (Phi) is 6.85. The summed E-state index contributed by atoms with van der Waals surface area (Å²) in [5.41, 5.74) is 0.489. The van der Waals surface area contributed by atoms with Crippen LogP contribution in [0.3, 0.4) is 0 Å². The number of hydrogen-bond donors (Lipinski definition) is 1. The Balaban J connectivity index is 1.15. The zero-order valence-electron chi connectivity index (χ0n) is 22.9. The SMILES string of the molecule is COc1ccc([C@H](CCN2C3CCC34CC(n3c(C)nnc3C(C)C)CC24)NC(=O)C2CCCCC2)s1. The molecule has 1 saturated heterocycles. The van der Waals surface area contributed by atoms with Gasteiger partial charge in [0.1, 0.15) is 11.6 Å². The van der Waals surface area contributed by atoms with Crippen molar-refractivity contribution < 1.29 is 9.53 Å². The minimum absolute atomic E-state index is 0.0586. The maximum absolute atomic E-state index is 13.2. The first-order valence-electron chi connectivity index (χ1n) is 14.5. The van der Waals surface area contributed by atoms with Crippen molar-refractivity contribution in [2.24, 2.45) is 11.3 Å². The number of methoxy groups -OCH3 is 1. The molecule has 0 radical (unpaired) electrons. The van der Waals surface area contributed by atoms with Gasteiger partial charge in [-0.2, -0.15) is 0 Å². The van der Waals surface area contributed by atoms with E-state index in [4.69, 9.17) is 4.74 Å². The van der Waals surface area contributed by atoms with Gasteiger partial charge in [-0.05, 0) is 64.0 Å². The second-order valence-corrected chi connectivity index (χ2v) is 13.4. The molecule has 4 aliphatic rings. The fourth-order valence-corrected chi connectivity index (χ4v) is 9.01. The second-order valence-electron chi connectivity index (χ2n) is 12.3. The Hall–Kier alpha value is -1.93. The molecular weight excluding hydrogens is 482 g/mol. The molecule has 0 aromatic carbocycles. The molecule has 1 aliphatic heterocycles. The molecule has 5 atom stereocenters. The number of nitrogens with zero attached hydrogens (tertiary/aromatic N) is 4. The van der Waals surface area contributed by atoms with Crippen molar-refractivity contribution in [3.8, 4) is 5.06 Å². The van der Waals surface area contributed by atoms with Crippen molar-refractivity contribution in [1.82, 2.24) is 25.0 Å². The third-order valence-electron chi connectivity index (χ3n) is 10.0. The first kappa shape index (κ1) is 25.4. The zero-order chi connectivity index (χ0) is 25.7. The molecule has 1 amide bonds. The molecule has 3 saturated carbocycles. The molecule has 6 rings (SSSR count). The van der Waals surface area contributed by atoms with Crippen LogP contribution < -0.4 is 10.1 Å². The fraction of sp³-hybridized carbons (Fsp3) is 0.759. The number of thiophene rings is 1. The summed E-state index contributed by atoms with van der Waals surface area (Å²) in [5, 5.41) is 13.4. The van der Waals surface area contributed by atoms with Gasteiger partial charge in [-0.1, -0.05) is 33.1 Å². The molecule has 37 heavy (non-hydrogen) atoms. The number of rotatable bonds is 9. The number of likely N-dealkylation sites (tertiary alicyclic amines) is 1. The van der Waals surface area contributed by atoms with Gasteiger partial charge in [0.2, 0.25) is 5.91 Å². The Morgan fingerprint density at radius 3 is 2.68 bits per heavy atom. The lowest BCUT2D eigenvalue weighted by Crippen LogP contribution is -2.74. The molecule has 7 nitrogen and oxygen atoms in total. The van der Waals surface area contributed by atoms with Crippen molar-refractivity contribution in [3.05, 3.63) is 28.7 Å². The second kappa shape index (κ2) is 9.99. The van der Waals surface area contributed by atoms with Gasteiger partial charge in [-0.15, -0.1) is 21.5 Å². The van der Waals surface area contributed by atoms with Crippen LogP contribution in [0.1, 0.15) is 113 Å². The summed E-state index contributed by atoms with van der Waals surface area (Å²) in [7, 11) is 1.72. The van der Waals surface area contributed by atoms with Gasteiger partial charge in [-0.25, -0.2) is 0 Å². The van der Waals surface area contributed by atoms with Crippen molar-refractivity contribution in [1.29, 1.82) is 0 Å². The summed E-state index contributed by atoms with van der Waals surface area (Å²) in [5.74, 6) is 3.02. The Labute approximate surface area is 225 Å². The Morgan fingerprint density at radius 1 is 1.19 bits per heavy atom. The van der Waals surface area contributed by atoms with Crippen molar-refractivity contribution >= 4 is 17.2 Å². The van der Waals surface area contributed by atoms with Gasteiger partial charge >= 0.3 is 0 Å². The minimum atomic E-state index is 0.0586. The molecule has 202 valence electrons. The van der Waals surface area contributed by atoms with E-state index >= 15 is 0 Å². The number of piperidine rings is 1. The predicted octanol–water partition coefficient (Wildman–Crippen LogP) is 5.78. The van der Waals surface area contributed by atoms with Crippen molar-refractivity contribution in [3.63, 3.8) is 0 Å². The molecule has 4 unspecified atom stereocenters. The molecule has 8 heteroatoms. The van der Waals surface area contributed by atoms with Gasteiger partial charge < -0.3 is 14.6 Å². The number of carbonyl (C=O) groups is 1. The highest BCUT2D eigenvalue weighted by molar-refractivity contribution is 7.13. The van der Waals surface area contributed by atoms with Crippen LogP contribution in [-0.2, 0) is 4.79 Å². The van der Waals surface area contributed by atoms with Crippen LogP contribution in [0.15, 0.2) is 12.1 Å². The summed E-state index contributed by atoms with van der Waals surface area (Å²) in [6.45, 7) is 7.60. The number of ether oxygens (including phenoxy) is 1. The van der Waals surface area contributed by atoms with Crippen LogP contribution in [0.5, 0.6) is 5.06 Å².